The number of amides is 1. The molecule has 0 radical (unpaired) electrons. The number of thiophene rings is 1. The molecule has 1 atom stereocenters. The normalized spacial score (nSPS) is 16.5. The maximum Gasteiger partial charge on any atom is 0.228 e. The third-order valence-corrected chi connectivity index (χ3v) is 5.82. The molecule has 0 aliphatic carbocycles. The molecule has 4 heteroatoms. The first-order valence-electron chi connectivity index (χ1n) is 8.37. The Morgan fingerprint density at radius 1 is 1.08 bits per heavy atom. The van der Waals surface area contributed by atoms with Gasteiger partial charge >= 0.3 is 0 Å². The quantitative estimate of drug-likeness (QED) is 0.629. The third-order valence-electron chi connectivity index (χ3n) is 4.70. The van der Waals surface area contributed by atoms with Crippen LogP contribution in [0.5, 0.6) is 0 Å². The fourth-order valence-corrected chi connectivity index (χ4v) is 4.33. The highest BCUT2D eigenvalue weighted by Gasteiger charge is 2.31. The van der Waals surface area contributed by atoms with Crippen LogP contribution in [0.2, 0.25) is 5.02 Å². The van der Waals surface area contributed by atoms with Crippen molar-refractivity contribution < 1.29 is 4.79 Å². The standard InChI is InChI=1S/C21H18ClNOS/c22-17-9-7-16(8-10-17)21-19-6-2-1-4-15(19)11-12-23(21)20(24)14-18-5-3-13-25-18/h1-10,13,21H,11-12,14H2. The van der Waals surface area contributed by atoms with Crippen LogP contribution in [-0.2, 0) is 17.6 Å². The van der Waals surface area contributed by atoms with E-state index in [-0.39, 0.29) is 11.9 Å². The second-order valence-corrected chi connectivity index (χ2v) is 7.71. The van der Waals surface area contributed by atoms with Crippen molar-refractivity contribution in [2.45, 2.75) is 18.9 Å². The molecule has 3 aromatic rings. The highest BCUT2D eigenvalue weighted by molar-refractivity contribution is 7.10. The van der Waals surface area contributed by atoms with Crippen LogP contribution in [0, 0.1) is 0 Å². The van der Waals surface area contributed by atoms with Gasteiger partial charge in [0.25, 0.3) is 0 Å². The maximum atomic E-state index is 13.0. The molecule has 1 unspecified atom stereocenters. The topological polar surface area (TPSA) is 20.3 Å². The van der Waals surface area contributed by atoms with Crippen LogP contribution in [0.1, 0.15) is 27.6 Å². The van der Waals surface area contributed by atoms with Gasteiger partial charge in [-0.1, -0.05) is 54.1 Å². The molecule has 2 aromatic carbocycles. The van der Waals surface area contributed by atoms with Gasteiger partial charge in [-0.3, -0.25) is 4.79 Å². The minimum absolute atomic E-state index is 0.0466. The molecule has 1 aliphatic heterocycles. The number of halogens is 1. The largest absolute Gasteiger partial charge is 0.331 e. The molecule has 1 aliphatic rings. The van der Waals surface area contributed by atoms with Gasteiger partial charge in [-0.25, -0.2) is 0 Å². The smallest absolute Gasteiger partial charge is 0.228 e. The average Bonchev–Trinajstić information content (AvgIpc) is 3.14. The summed E-state index contributed by atoms with van der Waals surface area (Å²) in [6.07, 6.45) is 1.36. The molecule has 25 heavy (non-hydrogen) atoms. The number of rotatable bonds is 3. The molecule has 4 rings (SSSR count). The van der Waals surface area contributed by atoms with E-state index in [9.17, 15) is 4.79 Å². The molecule has 2 nitrogen and oxygen atoms in total. The minimum atomic E-state index is -0.0466. The molecule has 0 spiro atoms. The minimum Gasteiger partial charge on any atom is -0.331 e. The fourth-order valence-electron chi connectivity index (χ4n) is 3.50. The number of hydrogen-bond acceptors (Lipinski definition) is 2. The highest BCUT2D eigenvalue weighted by atomic mass is 35.5. The van der Waals surface area contributed by atoms with Crippen molar-refractivity contribution in [3.05, 3.63) is 92.6 Å². The summed E-state index contributed by atoms with van der Waals surface area (Å²) in [5, 5.41) is 2.73. The maximum absolute atomic E-state index is 13.0. The predicted octanol–water partition coefficient (Wildman–Crippen LogP) is 5.12. The van der Waals surface area contributed by atoms with Gasteiger partial charge in [-0.05, 0) is 46.7 Å². The van der Waals surface area contributed by atoms with Crippen LogP contribution in [0.15, 0.2) is 66.0 Å². The SMILES string of the molecule is O=C(Cc1cccs1)N1CCc2ccccc2C1c1ccc(Cl)cc1. The van der Waals surface area contributed by atoms with E-state index in [4.69, 9.17) is 11.6 Å². The number of fused-ring (bicyclic) bond motifs is 1. The van der Waals surface area contributed by atoms with Gasteiger partial charge in [0.2, 0.25) is 5.91 Å². The van der Waals surface area contributed by atoms with Crippen LogP contribution in [-0.4, -0.2) is 17.4 Å². The molecule has 126 valence electrons. The first kappa shape index (κ1) is 16.4. The van der Waals surface area contributed by atoms with Gasteiger partial charge in [0.05, 0.1) is 12.5 Å². The molecular formula is C21H18ClNOS. The number of carbonyl (C=O) groups is 1. The van der Waals surface area contributed by atoms with Crippen molar-refractivity contribution in [1.29, 1.82) is 0 Å². The molecule has 2 heterocycles. The van der Waals surface area contributed by atoms with E-state index in [0.29, 0.717) is 11.4 Å². The number of carbonyl (C=O) groups excluding carboxylic acids is 1. The van der Waals surface area contributed by atoms with E-state index in [0.717, 1.165) is 23.4 Å². The zero-order valence-corrected chi connectivity index (χ0v) is 15.3. The summed E-state index contributed by atoms with van der Waals surface area (Å²) < 4.78 is 0. The zero-order valence-electron chi connectivity index (χ0n) is 13.7. The Morgan fingerprint density at radius 2 is 1.88 bits per heavy atom. The number of hydrogen-bond donors (Lipinski definition) is 0. The molecule has 1 aromatic heterocycles. The molecular weight excluding hydrogens is 350 g/mol. The average molecular weight is 368 g/mol. The van der Waals surface area contributed by atoms with Crippen molar-refractivity contribution >= 4 is 28.8 Å². The lowest BCUT2D eigenvalue weighted by molar-refractivity contribution is -0.132. The molecule has 0 N–H and O–H groups in total. The van der Waals surface area contributed by atoms with E-state index in [1.54, 1.807) is 11.3 Å². The van der Waals surface area contributed by atoms with Crippen LogP contribution in [0.25, 0.3) is 0 Å². The first-order chi connectivity index (χ1) is 12.2. The summed E-state index contributed by atoms with van der Waals surface area (Å²) in [7, 11) is 0. The van der Waals surface area contributed by atoms with Crippen molar-refractivity contribution in [3.63, 3.8) is 0 Å². The number of benzene rings is 2. The Bertz CT molecular complexity index is 873. The van der Waals surface area contributed by atoms with E-state index in [1.807, 2.05) is 46.7 Å². The van der Waals surface area contributed by atoms with Crippen LogP contribution in [0.4, 0.5) is 0 Å². The zero-order chi connectivity index (χ0) is 17.2. The monoisotopic (exact) mass is 367 g/mol. The summed E-state index contributed by atoms with van der Waals surface area (Å²) in [5.74, 6) is 0.178. The van der Waals surface area contributed by atoms with Crippen molar-refractivity contribution in [1.82, 2.24) is 4.90 Å². The van der Waals surface area contributed by atoms with Gasteiger partial charge in [0.15, 0.2) is 0 Å². The first-order valence-corrected chi connectivity index (χ1v) is 9.63. The van der Waals surface area contributed by atoms with E-state index in [1.165, 1.54) is 11.1 Å². The summed E-state index contributed by atoms with van der Waals surface area (Å²) in [6.45, 7) is 0.745. The predicted molar refractivity (Wildman–Crippen MR) is 103 cm³/mol. The van der Waals surface area contributed by atoms with E-state index >= 15 is 0 Å². The third kappa shape index (κ3) is 3.35. The lowest BCUT2D eigenvalue weighted by Crippen LogP contribution is -2.41. The Kier molecular flexibility index (Phi) is 4.60. The molecule has 0 bridgehead atoms. The van der Waals surface area contributed by atoms with Crippen molar-refractivity contribution in [3.8, 4) is 0 Å². The Labute approximate surface area is 156 Å². The van der Waals surface area contributed by atoms with Crippen LogP contribution in [0.3, 0.4) is 0 Å². The van der Waals surface area contributed by atoms with E-state index in [2.05, 4.69) is 24.3 Å². The van der Waals surface area contributed by atoms with Gasteiger partial charge in [0, 0.05) is 16.4 Å². The Hall–Kier alpha value is -2.10. The highest BCUT2D eigenvalue weighted by Crippen LogP contribution is 2.36. The van der Waals surface area contributed by atoms with E-state index < -0.39 is 0 Å². The second-order valence-electron chi connectivity index (χ2n) is 6.25. The summed E-state index contributed by atoms with van der Waals surface area (Å²) in [5.41, 5.74) is 3.65. The summed E-state index contributed by atoms with van der Waals surface area (Å²) in [6, 6.07) is 20.3. The molecule has 1 amide bonds. The lowest BCUT2D eigenvalue weighted by Gasteiger charge is -2.38. The van der Waals surface area contributed by atoms with Gasteiger partial charge in [-0.15, -0.1) is 11.3 Å². The van der Waals surface area contributed by atoms with Crippen LogP contribution >= 0.6 is 22.9 Å². The van der Waals surface area contributed by atoms with Gasteiger partial charge in [-0.2, -0.15) is 0 Å². The second kappa shape index (κ2) is 7.03. The van der Waals surface area contributed by atoms with Gasteiger partial charge in [0.1, 0.15) is 0 Å². The fraction of sp³-hybridized carbons (Fsp3) is 0.190. The molecule has 0 saturated heterocycles. The Balaban J connectivity index is 1.72. The molecule has 0 fully saturated rings. The van der Waals surface area contributed by atoms with Crippen molar-refractivity contribution in [2.75, 3.05) is 6.54 Å². The van der Waals surface area contributed by atoms with Crippen LogP contribution < -0.4 is 0 Å². The Morgan fingerprint density at radius 3 is 2.64 bits per heavy atom. The summed E-state index contributed by atoms with van der Waals surface area (Å²) >= 11 is 7.70. The number of nitrogens with zero attached hydrogens (tertiary/aromatic N) is 1. The van der Waals surface area contributed by atoms with Crippen molar-refractivity contribution in [2.24, 2.45) is 0 Å². The molecule has 0 saturated carbocycles. The lowest BCUT2D eigenvalue weighted by atomic mass is 9.88. The van der Waals surface area contributed by atoms with Gasteiger partial charge < -0.3 is 4.90 Å². The summed E-state index contributed by atoms with van der Waals surface area (Å²) in [4.78, 5) is 16.2.